The van der Waals surface area contributed by atoms with Crippen molar-refractivity contribution in [3.8, 4) is 11.8 Å². The van der Waals surface area contributed by atoms with Crippen molar-refractivity contribution < 1.29 is 28.4 Å². The van der Waals surface area contributed by atoms with Gasteiger partial charge in [0, 0.05) is 53.7 Å². The molecule has 1 unspecified atom stereocenters. The van der Waals surface area contributed by atoms with Gasteiger partial charge in [0.15, 0.2) is 0 Å². The van der Waals surface area contributed by atoms with Gasteiger partial charge in [-0.1, -0.05) is 96.9 Å². The number of benzene rings is 2. The molecule has 1 atom stereocenters. The van der Waals surface area contributed by atoms with E-state index in [2.05, 4.69) is 25.7 Å². The molecular weight excluding hydrogens is 650 g/mol. The first-order valence-corrected chi connectivity index (χ1v) is 20.6. The van der Waals surface area contributed by atoms with Crippen molar-refractivity contribution in [1.29, 1.82) is 0 Å². The lowest BCUT2D eigenvalue weighted by molar-refractivity contribution is -0.124. The summed E-state index contributed by atoms with van der Waals surface area (Å²) in [7, 11) is -0.0859. The summed E-state index contributed by atoms with van der Waals surface area (Å²) in [6, 6.07) is 15.5. The van der Waals surface area contributed by atoms with Crippen LogP contribution in [0.5, 0.6) is 0 Å². The molecule has 7 nitrogen and oxygen atoms in total. The van der Waals surface area contributed by atoms with Crippen molar-refractivity contribution in [3.05, 3.63) is 65.2 Å². The van der Waals surface area contributed by atoms with E-state index in [1.54, 1.807) is 40.3 Å². The van der Waals surface area contributed by atoms with Crippen LogP contribution in [0.25, 0.3) is 0 Å². The molecule has 10 heteroatoms. The molecule has 1 heterocycles. The maximum absolute atomic E-state index is 13.4. The molecule has 256 valence electrons. The average molecular weight is 700 g/mol. The minimum Gasteiger partial charge on any atom is -0.324 e. The molecule has 0 aliphatic carbocycles. The summed E-state index contributed by atoms with van der Waals surface area (Å²) in [6.45, 7) is 8.25. The zero-order valence-corrected chi connectivity index (χ0v) is 30.8. The summed E-state index contributed by atoms with van der Waals surface area (Å²) in [5.41, 5.74) is 3.10. The first-order valence-electron chi connectivity index (χ1n) is 16.7. The Morgan fingerprint density at radius 2 is 1.51 bits per heavy atom. The Hall–Kier alpha value is -2.34. The number of anilines is 1. The second-order valence-electron chi connectivity index (χ2n) is 12.9. The molecule has 0 saturated heterocycles. The highest BCUT2D eigenvalue weighted by molar-refractivity contribution is 8.77. The predicted molar refractivity (Wildman–Crippen MR) is 196 cm³/mol. The quantitative estimate of drug-likeness (QED) is 0.0596. The van der Waals surface area contributed by atoms with Crippen LogP contribution in [0.1, 0.15) is 115 Å². The van der Waals surface area contributed by atoms with Crippen molar-refractivity contribution in [2.45, 2.75) is 115 Å². The van der Waals surface area contributed by atoms with Crippen LogP contribution >= 0.6 is 29.2 Å². The third-order valence-corrected chi connectivity index (χ3v) is 13.1. The standard InChI is InChI=1S/C37H50NO6PS2/c1-29(2)45(42,43)44-25-13-7-5-6-8-18-34(40)27-37(3,4)47-46-26-14-19-33(39)23-24-36(41)38-28-32-17-10-9-15-30(32)21-22-31-16-11-12-20-35(31)38/h9-12,15-17,20,29H,5-8,13-14,18-19,23-28H2,1-4H3,(H,42,43). The Morgan fingerprint density at radius 3 is 2.28 bits per heavy atom. The smallest absolute Gasteiger partial charge is 0.324 e. The lowest BCUT2D eigenvalue weighted by Crippen LogP contribution is -2.32. The predicted octanol–water partition coefficient (Wildman–Crippen LogP) is 9.13. The molecule has 0 aromatic heterocycles. The number of amides is 1. The van der Waals surface area contributed by atoms with Crippen LogP contribution in [0.2, 0.25) is 0 Å². The lowest BCUT2D eigenvalue weighted by atomic mass is 10.0. The Balaban J connectivity index is 1.28. The molecule has 0 bridgehead atoms. The van der Waals surface area contributed by atoms with Crippen LogP contribution in [-0.4, -0.2) is 45.1 Å². The highest BCUT2D eigenvalue weighted by Crippen LogP contribution is 2.47. The largest absolute Gasteiger partial charge is 0.330 e. The van der Waals surface area contributed by atoms with E-state index in [1.807, 2.05) is 48.5 Å². The number of unbranched alkanes of at least 4 members (excludes halogenated alkanes) is 4. The topological polar surface area (TPSA) is 101 Å². The van der Waals surface area contributed by atoms with Gasteiger partial charge in [0.2, 0.25) is 5.91 Å². The van der Waals surface area contributed by atoms with Gasteiger partial charge in [0.25, 0.3) is 0 Å². The molecule has 0 spiro atoms. The van der Waals surface area contributed by atoms with Crippen molar-refractivity contribution in [1.82, 2.24) is 0 Å². The fourth-order valence-electron chi connectivity index (χ4n) is 5.13. The van der Waals surface area contributed by atoms with Crippen molar-refractivity contribution in [3.63, 3.8) is 0 Å². The van der Waals surface area contributed by atoms with Gasteiger partial charge in [-0.25, -0.2) is 0 Å². The van der Waals surface area contributed by atoms with Gasteiger partial charge < -0.3 is 14.3 Å². The first kappa shape index (κ1) is 39.1. The number of para-hydroxylation sites is 1. The molecule has 0 saturated carbocycles. The first-order chi connectivity index (χ1) is 22.4. The van der Waals surface area contributed by atoms with E-state index in [-0.39, 0.29) is 40.7 Å². The number of Topliss-reactive ketones (excluding diaryl/α,β-unsaturated/α-hetero) is 2. The SMILES string of the molecule is CC(C)P(=O)(O)OCCCCCCCC(=O)CC(C)(C)SSCCCC(=O)CCC(=O)N1Cc2ccccc2C#Cc2ccccc21. The number of nitrogens with zero attached hydrogens (tertiary/aromatic N) is 1. The Labute approximate surface area is 289 Å². The summed E-state index contributed by atoms with van der Waals surface area (Å²) in [5.74, 6) is 7.53. The molecular formula is C37H50NO6PS2. The minimum atomic E-state index is -3.48. The van der Waals surface area contributed by atoms with Crippen molar-refractivity contribution >= 4 is 52.3 Å². The molecule has 2 aromatic rings. The van der Waals surface area contributed by atoms with E-state index >= 15 is 0 Å². The Bertz CT molecular complexity index is 1460. The third kappa shape index (κ3) is 14.0. The molecule has 2 aromatic carbocycles. The van der Waals surface area contributed by atoms with Gasteiger partial charge >= 0.3 is 7.60 Å². The number of hydrogen-bond donors (Lipinski definition) is 1. The molecule has 0 radical (unpaired) electrons. The van der Waals surface area contributed by atoms with Crippen LogP contribution in [0.3, 0.4) is 0 Å². The van der Waals surface area contributed by atoms with E-state index in [0.717, 1.165) is 66.7 Å². The van der Waals surface area contributed by atoms with Gasteiger partial charge in [-0.05, 0) is 56.9 Å². The summed E-state index contributed by atoms with van der Waals surface area (Å²) >= 11 is 0. The molecule has 1 aliphatic rings. The van der Waals surface area contributed by atoms with Crippen LogP contribution in [0, 0.1) is 11.8 Å². The minimum absolute atomic E-state index is 0.0764. The molecule has 47 heavy (non-hydrogen) atoms. The number of hydrogen-bond acceptors (Lipinski definition) is 7. The van der Waals surface area contributed by atoms with E-state index in [1.165, 1.54) is 0 Å². The van der Waals surface area contributed by atoms with Crippen LogP contribution in [-0.2, 0) is 30.0 Å². The molecule has 1 aliphatic heterocycles. The van der Waals surface area contributed by atoms with E-state index in [4.69, 9.17) is 4.52 Å². The van der Waals surface area contributed by atoms with Gasteiger partial charge in [0.1, 0.15) is 11.6 Å². The number of carbonyl (C=O) groups is 3. The third-order valence-electron chi connectivity index (χ3n) is 7.91. The van der Waals surface area contributed by atoms with Gasteiger partial charge in [-0.15, -0.1) is 0 Å². The normalized spacial score (nSPS) is 13.9. The van der Waals surface area contributed by atoms with Crippen molar-refractivity contribution in [2.75, 3.05) is 17.3 Å². The number of fused-ring (bicyclic) bond motifs is 2. The number of carbonyl (C=O) groups excluding carboxylic acids is 3. The molecule has 3 rings (SSSR count). The van der Waals surface area contributed by atoms with Gasteiger partial charge in [-0.3, -0.25) is 18.9 Å². The number of rotatable bonds is 21. The second kappa shape index (κ2) is 19.6. The molecule has 1 N–H and O–H groups in total. The van der Waals surface area contributed by atoms with Gasteiger partial charge in [0.05, 0.1) is 24.5 Å². The highest BCUT2D eigenvalue weighted by Gasteiger charge is 2.25. The van der Waals surface area contributed by atoms with Gasteiger partial charge in [-0.2, -0.15) is 0 Å². The summed E-state index contributed by atoms with van der Waals surface area (Å²) in [4.78, 5) is 50.1. The molecule has 1 amide bonds. The highest BCUT2D eigenvalue weighted by atomic mass is 33.1. The fraction of sp³-hybridized carbons (Fsp3) is 0.541. The summed E-state index contributed by atoms with van der Waals surface area (Å²) < 4.78 is 16.7. The Kier molecular flexibility index (Phi) is 16.3. The second-order valence-corrected chi connectivity index (χ2v) is 18.5. The zero-order valence-electron chi connectivity index (χ0n) is 28.3. The van der Waals surface area contributed by atoms with Crippen molar-refractivity contribution in [2.24, 2.45) is 0 Å². The Morgan fingerprint density at radius 1 is 0.872 bits per heavy atom. The zero-order chi connectivity index (χ0) is 34.3. The molecule has 0 fully saturated rings. The van der Waals surface area contributed by atoms with E-state index in [0.29, 0.717) is 32.4 Å². The maximum Gasteiger partial charge on any atom is 0.330 e. The average Bonchev–Trinajstić information content (AvgIpc) is 3.01. The monoisotopic (exact) mass is 699 g/mol. The summed E-state index contributed by atoms with van der Waals surface area (Å²) in [5, 5.41) is 0. The van der Waals surface area contributed by atoms with Crippen LogP contribution < -0.4 is 4.90 Å². The fourth-order valence-corrected chi connectivity index (χ4v) is 8.45. The van der Waals surface area contributed by atoms with Crippen LogP contribution in [0.15, 0.2) is 48.5 Å². The van der Waals surface area contributed by atoms with Crippen LogP contribution in [0.4, 0.5) is 5.69 Å². The number of ketones is 2. The van der Waals surface area contributed by atoms with E-state index < -0.39 is 7.60 Å². The lowest BCUT2D eigenvalue weighted by Gasteiger charge is -2.26. The maximum atomic E-state index is 13.4. The summed E-state index contributed by atoms with van der Waals surface area (Å²) in [6.07, 6.45) is 7.10. The van der Waals surface area contributed by atoms with E-state index in [9.17, 15) is 23.8 Å².